The van der Waals surface area contributed by atoms with Gasteiger partial charge < -0.3 is 14.6 Å². The maximum Gasteiger partial charge on any atom is 0.337 e. The van der Waals surface area contributed by atoms with Crippen molar-refractivity contribution in [2.24, 2.45) is 0 Å². The van der Waals surface area contributed by atoms with Crippen LogP contribution in [0.1, 0.15) is 40.2 Å². The van der Waals surface area contributed by atoms with Gasteiger partial charge in [0.05, 0.1) is 12.7 Å². The van der Waals surface area contributed by atoms with Crippen LogP contribution in [0.2, 0.25) is 0 Å². The molecule has 3 rings (SSSR count). The minimum atomic E-state index is -0.383. The SMILES string of the molecule is COC(=O)c1ccc(-n2c(C)cc(/C=C(\C#N)C(=O)NC3CC3)c2C)cc1. The Kier molecular flexibility index (Phi) is 5.13. The summed E-state index contributed by atoms with van der Waals surface area (Å²) in [6.45, 7) is 3.88. The van der Waals surface area contributed by atoms with Gasteiger partial charge in [-0.3, -0.25) is 4.79 Å². The van der Waals surface area contributed by atoms with E-state index >= 15 is 0 Å². The normalized spacial score (nSPS) is 13.8. The quantitative estimate of drug-likeness (QED) is 0.503. The molecule has 0 spiro atoms. The number of nitriles is 1. The minimum absolute atomic E-state index is 0.100. The second-order valence-corrected chi connectivity index (χ2v) is 6.62. The summed E-state index contributed by atoms with van der Waals surface area (Å²) in [7, 11) is 1.35. The zero-order chi connectivity index (χ0) is 19.6. The number of aromatic nitrogens is 1. The number of hydrogen-bond donors (Lipinski definition) is 1. The molecule has 0 bridgehead atoms. The highest BCUT2D eigenvalue weighted by atomic mass is 16.5. The van der Waals surface area contributed by atoms with Crippen LogP contribution in [0, 0.1) is 25.2 Å². The van der Waals surface area contributed by atoms with Crippen molar-refractivity contribution >= 4 is 18.0 Å². The lowest BCUT2D eigenvalue weighted by Gasteiger charge is -2.10. The third kappa shape index (κ3) is 3.93. The molecule has 0 atom stereocenters. The van der Waals surface area contributed by atoms with Crippen LogP contribution < -0.4 is 5.32 Å². The van der Waals surface area contributed by atoms with E-state index in [1.54, 1.807) is 18.2 Å². The third-order valence-corrected chi connectivity index (χ3v) is 4.59. The van der Waals surface area contributed by atoms with Crippen LogP contribution in [-0.4, -0.2) is 29.6 Å². The van der Waals surface area contributed by atoms with Gasteiger partial charge in [0.2, 0.25) is 0 Å². The van der Waals surface area contributed by atoms with Crippen molar-refractivity contribution < 1.29 is 14.3 Å². The first-order valence-corrected chi connectivity index (χ1v) is 8.75. The predicted molar refractivity (Wildman–Crippen MR) is 101 cm³/mol. The average Bonchev–Trinajstić information content (AvgIpc) is 3.43. The Bertz CT molecular complexity index is 958. The van der Waals surface area contributed by atoms with Crippen LogP contribution in [0.15, 0.2) is 35.9 Å². The first-order chi connectivity index (χ1) is 12.9. The predicted octanol–water partition coefficient (Wildman–Crippen LogP) is 3.07. The Hall–Kier alpha value is -3.33. The number of ether oxygens (including phenoxy) is 1. The fourth-order valence-electron chi connectivity index (χ4n) is 2.99. The molecule has 138 valence electrons. The van der Waals surface area contributed by atoms with Crippen LogP contribution in [0.5, 0.6) is 0 Å². The summed E-state index contributed by atoms with van der Waals surface area (Å²) in [5, 5.41) is 12.2. The molecule has 0 radical (unpaired) electrons. The number of nitrogens with one attached hydrogen (secondary N) is 1. The smallest absolute Gasteiger partial charge is 0.337 e. The standard InChI is InChI=1S/C21H21N3O3/c1-13-10-16(11-17(12-22)20(25)23-18-6-7-18)14(2)24(13)19-8-4-15(5-9-19)21(26)27-3/h4-5,8-11,18H,6-7H2,1-3H3,(H,23,25)/b17-11+. The summed E-state index contributed by atoms with van der Waals surface area (Å²) in [4.78, 5) is 23.8. The van der Waals surface area contributed by atoms with Gasteiger partial charge in [-0.25, -0.2) is 4.79 Å². The second kappa shape index (κ2) is 7.50. The van der Waals surface area contributed by atoms with Crippen LogP contribution in [-0.2, 0) is 9.53 Å². The summed E-state index contributed by atoms with van der Waals surface area (Å²) >= 11 is 0. The average molecular weight is 363 g/mol. The summed E-state index contributed by atoms with van der Waals surface area (Å²) in [5.41, 5.74) is 4.15. The van der Waals surface area contributed by atoms with Gasteiger partial charge >= 0.3 is 5.97 Å². The van der Waals surface area contributed by atoms with Crippen molar-refractivity contribution in [3.8, 4) is 11.8 Å². The monoisotopic (exact) mass is 363 g/mol. The fourth-order valence-corrected chi connectivity index (χ4v) is 2.99. The van der Waals surface area contributed by atoms with E-state index in [4.69, 9.17) is 4.74 Å². The van der Waals surface area contributed by atoms with Gasteiger partial charge in [0, 0.05) is 23.1 Å². The van der Waals surface area contributed by atoms with Gasteiger partial charge in [0.25, 0.3) is 5.91 Å². The summed E-state index contributed by atoms with van der Waals surface area (Å²) in [6, 6.07) is 11.2. The number of methoxy groups -OCH3 is 1. The number of aryl methyl sites for hydroxylation is 1. The van der Waals surface area contributed by atoms with Crippen molar-refractivity contribution in [2.45, 2.75) is 32.7 Å². The summed E-state index contributed by atoms with van der Waals surface area (Å²) in [5.74, 6) is -0.710. The Labute approximate surface area is 158 Å². The van der Waals surface area contributed by atoms with Gasteiger partial charge in [-0.05, 0) is 68.7 Å². The number of rotatable bonds is 5. The molecule has 1 N–H and O–H groups in total. The first kappa shape index (κ1) is 18.5. The van der Waals surface area contributed by atoms with Gasteiger partial charge in [0.1, 0.15) is 11.6 Å². The molecular weight excluding hydrogens is 342 g/mol. The summed E-state index contributed by atoms with van der Waals surface area (Å²) in [6.07, 6.45) is 3.57. The van der Waals surface area contributed by atoms with Gasteiger partial charge in [-0.2, -0.15) is 5.26 Å². The molecule has 0 saturated heterocycles. The number of carbonyl (C=O) groups excluding carboxylic acids is 2. The van der Waals surface area contributed by atoms with E-state index in [-0.39, 0.29) is 23.5 Å². The molecule has 6 nitrogen and oxygen atoms in total. The molecular formula is C21H21N3O3. The number of hydrogen-bond acceptors (Lipinski definition) is 4. The Morgan fingerprint density at radius 3 is 2.48 bits per heavy atom. The highest BCUT2D eigenvalue weighted by Crippen LogP contribution is 2.24. The van der Waals surface area contributed by atoms with E-state index in [0.717, 1.165) is 35.5 Å². The Morgan fingerprint density at radius 2 is 1.93 bits per heavy atom. The highest BCUT2D eigenvalue weighted by molar-refractivity contribution is 6.02. The number of esters is 1. The lowest BCUT2D eigenvalue weighted by Crippen LogP contribution is -2.26. The van der Waals surface area contributed by atoms with Gasteiger partial charge in [-0.15, -0.1) is 0 Å². The molecule has 1 heterocycles. The molecule has 1 aromatic carbocycles. The van der Waals surface area contributed by atoms with E-state index in [9.17, 15) is 14.9 Å². The van der Waals surface area contributed by atoms with Crippen molar-refractivity contribution in [2.75, 3.05) is 7.11 Å². The van der Waals surface area contributed by atoms with E-state index in [0.29, 0.717) is 5.56 Å². The fraction of sp³-hybridized carbons (Fsp3) is 0.286. The van der Waals surface area contributed by atoms with Gasteiger partial charge in [0.15, 0.2) is 0 Å². The lowest BCUT2D eigenvalue weighted by molar-refractivity contribution is -0.117. The maximum atomic E-state index is 12.2. The second-order valence-electron chi connectivity index (χ2n) is 6.62. The molecule has 1 aliphatic rings. The van der Waals surface area contributed by atoms with E-state index in [1.807, 2.05) is 42.7 Å². The molecule has 2 aromatic rings. The number of amides is 1. The lowest BCUT2D eigenvalue weighted by atomic mass is 10.1. The zero-order valence-corrected chi connectivity index (χ0v) is 15.6. The van der Waals surface area contributed by atoms with Crippen LogP contribution in [0.3, 0.4) is 0 Å². The first-order valence-electron chi connectivity index (χ1n) is 8.75. The molecule has 6 heteroatoms. The number of benzene rings is 1. The number of carbonyl (C=O) groups is 2. The zero-order valence-electron chi connectivity index (χ0n) is 15.6. The van der Waals surface area contributed by atoms with E-state index in [1.165, 1.54) is 7.11 Å². The molecule has 1 fully saturated rings. The van der Waals surface area contributed by atoms with Crippen LogP contribution in [0.4, 0.5) is 0 Å². The third-order valence-electron chi connectivity index (χ3n) is 4.59. The van der Waals surface area contributed by atoms with Crippen molar-refractivity contribution in [1.29, 1.82) is 5.26 Å². The topological polar surface area (TPSA) is 84.1 Å². The molecule has 27 heavy (non-hydrogen) atoms. The van der Waals surface area contributed by atoms with Crippen LogP contribution >= 0.6 is 0 Å². The molecule has 1 aliphatic carbocycles. The van der Waals surface area contributed by atoms with E-state index < -0.39 is 0 Å². The Morgan fingerprint density at radius 1 is 1.26 bits per heavy atom. The largest absolute Gasteiger partial charge is 0.465 e. The van der Waals surface area contributed by atoms with Crippen LogP contribution in [0.25, 0.3) is 11.8 Å². The van der Waals surface area contributed by atoms with Gasteiger partial charge in [-0.1, -0.05) is 0 Å². The molecule has 1 amide bonds. The summed E-state index contributed by atoms with van der Waals surface area (Å²) < 4.78 is 6.74. The molecule has 0 unspecified atom stereocenters. The highest BCUT2D eigenvalue weighted by Gasteiger charge is 2.25. The maximum absolute atomic E-state index is 12.2. The number of nitrogens with zero attached hydrogens (tertiary/aromatic N) is 2. The van der Waals surface area contributed by atoms with Crippen molar-refractivity contribution in [3.05, 3.63) is 58.4 Å². The molecule has 1 saturated carbocycles. The van der Waals surface area contributed by atoms with E-state index in [2.05, 4.69) is 5.32 Å². The Balaban J connectivity index is 1.92. The van der Waals surface area contributed by atoms with Crippen molar-refractivity contribution in [1.82, 2.24) is 9.88 Å². The van der Waals surface area contributed by atoms with Crippen molar-refractivity contribution in [3.63, 3.8) is 0 Å². The minimum Gasteiger partial charge on any atom is -0.465 e. The molecule has 0 aliphatic heterocycles. The molecule has 1 aromatic heterocycles.